The third-order valence-corrected chi connectivity index (χ3v) is 2.93. The lowest BCUT2D eigenvalue weighted by Gasteiger charge is -2.28. The van der Waals surface area contributed by atoms with Gasteiger partial charge in [-0.25, -0.2) is 4.79 Å². The van der Waals surface area contributed by atoms with Gasteiger partial charge in [0, 0.05) is 10.6 Å². The first-order valence-corrected chi connectivity index (χ1v) is 6.72. The molecule has 1 heterocycles. The first-order chi connectivity index (χ1) is 10.2. The minimum Gasteiger partial charge on any atom is -0.475 e. The van der Waals surface area contributed by atoms with Crippen LogP contribution >= 0.6 is 11.6 Å². The van der Waals surface area contributed by atoms with Crippen molar-refractivity contribution in [3.05, 3.63) is 33.9 Å². The zero-order valence-electron chi connectivity index (χ0n) is 12.0. The Balaban J connectivity index is 0.00000116. The molecule has 122 valence electrons. The van der Waals surface area contributed by atoms with E-state index in [-0.39, 0.29) is 16.3 Å². The molecule has 1 aliphatic rings. The molecule has 22 heavy (non-hydrogen) atoms. The van der Waals surface area contributed by atoms with Crippen LogP contribution in [0.4, 0.5) is 13.2 Å². The van der Waals surface area contributed by atoms with Crippen molar-refractivity contribution in [3.8, 4) is 5.75 Å². The second kappa shape index (κ2) is 7.02. The van der Waals surface area contributed by atoms with E-state index in [0.717, 1.165) is 6.08 Å². The maximum absolute atomic E-state index is 12.9. The predicted molar refractivity (Wildman–Crippen MR) is 74.7 cm³/mol. The number of rotatable bonds is 1. The number of ether oxygens (including phenoxy) is 1. The van der Waals surface area contributed by atoms with Crippen LogP contribution in [0.15, 0.2) is 17.7 Å². The van der Waals surface area contributed by atoms with Gasteiger partial charge in [0.1, 0.15) is 5.75 Å². The highest BCUT2D eigenvalue weighted by Gasteiger charge is 2.49. The van der Waals surface area contributed by atoms with E-state index in [0.29, 0.717) is 5.56 Å². The summed E-state index contributed by atoms with van der Waals surface area (Å²) in [6.07, 6.45) is -6.40. The summed E-state index contributed by atoms with van der Waals surface area (Å²) < 4.78 is 43.6. The molecule has 0 fully saturated rings. The van der Waals surface area contributed by atoms with Gasteiger partial charge < -0.3 is 4.74 Å². The summed E-state index contributed by atoms with van der Waals surface area (Å²) in [5, 5.41) is 8.57. The van der Waals surface area contributed by atoms with Gasteiger partial charge in [0.2, 0.25) is 6.10 Å². The van der Waals surface area contributed by atoms with Gasteiger partial charge >= 0.3 is 12.1 Å². The third-order valence-electron chi connectivity index (χ3n) is 2.71. The maximum atomic E-state index is 12.9. The Labute approximate surface area is 130 Å². The van der Waals surface area contributed by atoms with Crippen molar-refractivity contribution in [2.24, 2.45) is 0 Å². The molecule has 1 aromatic rings. The first kappa shape index (κ1) is 18.3. The van der Waals surface area contributed by atoms with Crippen LogP contribution in [-0.4, -0.2) is 23.5 Å². The fourth-order valence-corrected chi connectivity index (χ4v) is 2.19. The number of fused-ring (bicyclic) bond motifs is 1. The van der Waals surface area contributed by atoms with Crippen LogP contribution in [0.2, 0.25) is 5.02 Å². The van der Waals surface area contributed by atoms with Gasteiger partial charge in [-0.05, 0) is 30.7 Å². The van der Waals surface area contributed by atoms with Crippen molar-refractivity contribution in [1.82, 2.24) is 0 Å². The number of benzene rings is 1. The van der Waals surface area contributed by atoms with Crippen LogP contribution in [0.25, 0.3) is 6.08 Å². The molecule has 0 radical (unpaired) electrons. The number of halogens is 4. The van der Waals surface area contributed by atoms with Crippen molar-refractivity contribution < 1.29 is 32.8 Å². The Morgan fingerprint density at radius 3 is 2.45 bits per heavy atom. The van der Waals surface area contributed by atoms with E-state index in [2.05, 4.69) is 4.89 Å². The van der Waals surface area contributed by atoms with Crippen LogP contribution in [0.1, 0.15) is 25.0 Å². The highest BCUT2D eigenvalue weighted by molar-refractivity contribution is 6.30. The molecule has 0 aromatic heterocycles. The average molecular weight is 339 g/mol. The number of carbonyl (C=O) groups is 1. The topological polar surface area (TPSA) is 55.8 Å². The summed E-state index contributed by atoms with van der Waals surface area (Å²) in [6, 6.07) is 2.79. The molecule has 1 aromatic carbocycles. The first-order valence-electron chi connectivity index (χ1n) is 6.35. The zero-order chi connectivity index (χ0) is 17.1. The van der Waals surface area contributed by atoms with Gasteiger partial charge in [0.05, 0.1) is 5.57 Å². The average Bonchev–Trinajstić information content (AvgIpc) is 2.46. The molecule has 1 unspecified atom stereocenters. The van der Waals surface area contributed by atoms with Crippen molar-refractivity contribution in [2.75, 3.05) is 0 Å². The molecule has 8 heteroatoms. The maximum Gasteiger partial charge on any atom is 0.430 e. The lowest BCUT2D eigenvalue weighted by atomic mass is 9.99. The fourth-order valence-electron chi connectivity index (χ4n) is 1.91. The summed E-state index contributed by atoms with van der Waals surface area (Å²) in [6.45, 7) is 5.53. The Hall–Kier alpha value is -1.73. The smallest absolute Gasteiger partial charge is 0.430 e. The summed E-state index contributed by atoms with van der Waals surface area (Å²) in [4.78, 5) is 14.6. The second-order valence-electron chi connectivity index (χ2n) is 4.16. The number of carbonyl (C=O) groups excluding carboxylic acids is 1. The summed E-state index contributed by atoms with van der Waals surface area (Å²) in [5.41, 5.74) is -0.250. The van der Waals surface area contributed by atoms with Gasteiger partial charge in [0.25, 0.3) is 0 Å². The van der Waals surface area contributed by atoms with Gasteiger partial charge in [-0.2, -0.15) is 18.4 Å². The Morgan fingerprint density at radius 2 is 1.95 bits per heavy atom. The minimum atomic E-state index is -4.83. The van der Waals surface area contributed by atoms with E-state index >= 15 is 0 Å². The highest BCUT2D eigenvalue weighted by Crippen LogP contribution is 2.40. The number of hydrogen-bond acceptors (Lipinski definition) is 4. The SMILES string of the molecule is CC.Cc1cc(Cl)cc2c1OC(C(F)(F)F)C(C(=O)OO)=C2. The molecule has 1 N–H and O–H groups in total. The Kier molecular flexibility index (Phi) is 5.85. The number of hydrogen-bond donors (Lipinski definition) is 1. The molecule has 1 atom stereocenters. The monoisotopic (exact) mass is 338 g/mol. The minimum absolute atomic E-state index is 0.0220. The van der Waals surface area contributed by atoms with Gasteiger partial charge in [0.15, 0.2) is 0 Å². The normalized spacial score (nSPS) is 16.5. The van der Waals surface area contributed by atoms with Gasteiger partial charge in [-0.3, -0.25) is 4.89 Å². The molecule has 2 rings (SSSR count). The molecule has 0 aliphatic carbocycles. The van der Waals surface area contributed by atoms with Crippen LogP contribution in [0, 0.1) is 6.92 Å². The lowest BCUT2D eigenvalue weighted by Crippen LogP contribution is -2.40. The quantitative estimate of drug-likeness (QED) is 0.609. The van der Waals surface area contributed by atoms with Gasteiger partial charge in [-0.15, -0.1) is 0 Å². The van der Waals surface area contributed by atoms with Crippen LogP contribution in [0.3, 0.4) is 0 Å². The molecule has 4 nitrogen and oxygen atoms in total. The zero-order valence-corrected chi connectivity index (χ0v) is 12.7. The Morgan fingerprint density at radius 1 is 1.36 bits per heavy atom. The third kappa shape index (κ3) is 3.72. The van der Waals surface area contributed by atoms with E-state index in [1.165, 1.54) is 19.1 Å². The molecule has 0 saturated carbocycles. The lowest BCUT2D eigenvalue weighted by molar-refractivity contribution is -0.235. The summed E-state index contributed by atoms with van der Waals surface area (Å²) >= 11 is 5.80. The van der Waals surface area contributed by atoms with Crippen LogP contribution in [0.5, 0.6) is 5.75 Å². The van der Waals surface area contributed by atoms with Gasteiger partial charge in [-0.1, -0.05) is 25.4 Å². The van der Waals surface area contributed by atoms with Crippen molar-refractivity contribution in [1.29, 1.82) is 0 Å². The Bertz CT molecular complexity index is 596. The predicted octanol–water partition coefficient (Wildman–Crippen LogP) is 4.40. The van der Waals surface area contributed by atoms with Crippen molar-refractivity contribution in [3.63, 3.8) is 0 Å². The summed E-state index contributed by atoms with van der Waals surface area (Å²) in [7, 11) is 0. The molecule has 1 aliphatic heterocycles. The van der Waals surface area contributed by atoms with Crippen LogP contribution in [-0.2, 0) is 9.68 Å². The van der Waals surface area contributed by atoms with E-state index in [9.17, 15) is 18.0 Å². The molecular formula is C14H14ClF3O4. The van der Waals surface area contributed by atoms with E-state index in [1.807, 2.05) is 13.8 Å². The molecular weight excluding hydrogens is 325 g/mol. The molecule has 0 saturated heterocycles. The fraction of sp³-hybridized carbons (Fsp3) is 0.357. The molecule has 0 amide bonds. The molecule has 0 bridgehead atoms. The summed E-state index contributed by atoms with van der Waals surface area (Å²) in [5.74, 6) is -1.55. The van der Waals surface area contributed by atoms with E-state index in [1.54, 1.807) is 0 Å². The molecule has 0 spiro atoms. The number of alkyl halides is 3. The van der Waals surface area contributed by atoms with E-state index < -0.39 is 23.8 Å². The highest BCUT2D eigenvalue weighted by atomic mass is 35.5. The van der Waals surface area contributed by atoms with Crippen molar-refractivity contribution >= 4 is 23.6 Å². The largest absolute Gasteiger partial charge is 0.475 e. The standard InChI is InChI=1S/C12H8ClF3O4.C2H6/c1-5-2-7(13)3-6-4-8(11(17)20-18)10(12(14,15)16)19-9(5)6;1-2/h2-4,10,18H,1H3;1-2H3. The van der Waals surface area contributed by atoms with E-state index in [4.69, 9.17) is 21.6 Å². The van der Waals surface area contributed by atoms with Crippen LogP contribution < -0.4 is 4.74 Å². The second-order valence-corrected chi connectivity index (χ2v) is 4.60. The van der Waals surface area contributed by atoms with Crippen molar-refractivity contribution in [2.45, 2.75) is 33.1 Å². The number of aryl methyl sites for hydroxylation is 1.